The molecule has 12 rings (SSSR count). The van der Waals surface area contributed by atoms with Crippen LogP contribution < -0.4 is 4.90 Å². The van der Waals surface area contributed by atoms with E-state index in [2.05, 4.69) is 264 Å². The van der Waals surface area contributed by atoms with Crippen LogP contribution >= 0.6 is 0 Å². The van der Waals surface area contributed by atoms with Crippen LogP contribution in [0.15, 0.2) is 255 Å². The molecule has 0 aliphatic rings. The number of benzene rings is 11. The van der Waals surface area contributed by atoms with Crippen LogP contribution in [-0.4, -0.2) is 4.57 Å². The first-order valence-electron chi connectivity index (χ1n) is 22.0. The zero-order valence-corrected chi connectivity index (χ0v) is 35.1. The van der Waals surface area contributed by atoms with E-state index in [1.165, 1.54) is 82.3 Å². The maximum atomic E-state index is 2.45. The van der Waals surface area contributed by atoms with Gasteiger partial charge < -0.3 is 9.47 Å². The number of rotatable bonds is 8. The maximum absolute atomic E-state index is 2.45. The third-order valence-electron chi connectivity index (χ3n) is 12.8. The molecular weight excluding hydrogens is 773 g/mol. The largest absolute Gasteiger partial charge is 0.309 e. The average molecular weight is 815 g/mol. The summed E-state index contributed by atoms with van der Waals surface area (Å²) in [5.74, 6) is 0. The predicted octanol–water partition coefficient (Wildman–Crippen LogP) is 17.2. The van der Waals surface area contributed by atoms with Gasteiger partial charge in [0, 0.05) is 38.7 Å². The second-order valence-corrected chi connectivity index (χ2v) is 16.4. The molecule has 0 N–H and O–H groups in total. The van der Waals surface area contributed by atoms with Crippen molar-refractivity contribution < 1.29 is 0 Å². The van der Waals surface area contributed by atoms with Gasteiger partial charge in [0.05, 0.1) is 22.4 Å². The van der Waals surface area contributed by atoms with Crippen LogP contribution in [0, 0.1) is 0 Å². The molecule has 0 bridgehead atoms. The SMILES string of the molecule is c1ccc(-c2ccc3ccccc3c2N(c2ccc(-c3cccc(-n4c5ccccc5c5ccccc54)c3-c3ccccc3)cc2)c2ccc(-c3cccc4ccccc34)cc2)cc1. The Kier molecular flexibility index (Phi) is 9.20. The Morgan fingerprint density at radius 2 is 0.719 bits per heavy atom. The second-order valence-electron chi connectivity index (χ2n) is 16.4. The Hall–Kier alpha value is -8.46. The van der Waals surface area contributed by atoms with Crippen LogP contribution in [0.3, 0.4) is 0 Å². The summed E-state index contributed by atoms with van der Waals surface area (Å²) in [4.78, 5) is 2.45. The number of nitrogens with zero attached hydrogens (tertiary/aromatic N) is 2. The summed E-state index contributed by atoms with van der Waals surface area (Å²) in [5, 5.41) is 7.38. The van der Waals surface area contributed by atoms with Crippen molar-refractivity contribution in [2.24, 2.45) is 0 Å². The van der Waals surface area contributed by atoms with Crippen LogP contribution in [0.4, 0.5) is 17.1 Å². The summed E-state index contributed by atoms with van der Waals surface area (Å²) in [6.07, 6.45) is 0. The molecule has 0 unspecified atom stereocenters. The van der Waals surface area contributed by atoms with Crippen molar-refractivity contribution in [2.45, 2.75) is 0 Å². The van der Waals surface area contributed by atoms with Crippen LogP contribution in [0.5, 0.6) is 0 Å². The number of para-hydroxylation sites is 2. The van der Waals surface area contributed by atoms with Crippen molar-refractivity contribution in [3.63, 3.8) is 0 Å². The fourth-order valence-corrected chi connectivity index (χ4v) is 9.87. The monoisotopic (exact) mass is 814 g/mol. The highest BCUT2D eigenvalue weighted by atomic mass is 15.1. The quantitative estimate of drug-likeness (QED) is 0.148. The normalized spacial score (nSPS) is 11.4. The van der Waals surface area contributed by atoms with E-state index >= 15 is 0 Å². The van der Waals surface area contributed by atoms with E-state index in [1.54, 1.807) is 0 Å². The molecule has 11 aromatic carbocycles. The number of hydrogen-bond donors (Lipinski definition) is 0. The van der Waals surface area contributed by atoms with Gasteiger partial charge in [0.25, 0.3) is 0 Å². The van der Waals surface area contributed by atoms with Crippen molar-refractivity contribution in [1.82, 2.24) is 4.57 Å². The van der Waals surface area contributed by atoms with Gasteiger partial charge >= 0.3 is 0 Å². The zero-order chi connectivity index (χ0) is 42.4. The minimum atomic E-state index is 1.08. The van der Waals surface area contributed by atoms with Crippen LogP contribution in [0.1, 0.15) is 0 Å². The molecule has 0 atom stereocenters. The smallest absolute Gasteiger partial charge is 0.0618 e. The van der Waals surface area contributed by atoms with E-state index in [1.807, 2.05) is 0 Å². The first-order valence-corrected chi connectivity index (χ1v) is 22.0. The number of anilines is 3. The molecule has 0 radical (unpaired) electrons. The second kappa shape index (κ2) is 15.8. The molecule has 0 saturated heterocycles. The van der Waals surface area contributed by atoms with Gasteiger partial charge in [0.2, 0.25) is 0 Å². The van der Waals surface area contributed by atoms with Gasteiger partial charge in [0.15, 0.2) is 0 Å². The van der Waals surface area contributed by atoms with Crippen molar-refractivity contribution in [1.29, 1.82) is 0 Å². The van der Waals surface area contributed by atoms with Crippen molar-refractivity contribution in [3.05, 3.63) is 255 Å². The number of aromatic nitrogens is 1. The highest BCUT2D eigenvalue weighted by Crippen LogP contribution is 2.47. The van der Waals surface area contributed by atoms with Gasteiger partial charge in [-0.25, -0.2) is 0 Å². The number of hydrogen-bond acceptors (Lipinski definition) is 1. The fourth-order valence-electron chi connectivity index (χ4n) is 9.87. The van der Waals surface area contributed by atoms with Gasteiger partial charge in [0.1, 0.15) is 0 Å². The highest BCUT2D eigenvalue weighted by Gasteiger charge is 2.23. The lowest BCUT2D eigenvalue weighted by Gasteiger charge is -2.30. The Labute approximate surface area is 373 Å². The van der Waals surface area contributed by atoms with E-state index in [0.29, 0.717) is 0 Å². The van der Waals surface area contributed by atoms with Crippen molar-refractivity contribution in [2.75, 3.05) is 4.90 Å². The first-order chi connectivity index (χ1) is 31.8. The summed E-state index contributed by atoms with van der Waals surface area (Å²) < 4.78 is 2.44. The Morgan fingerprint density at radius 1 is 0.266 bits per heavy atom. The average Bonchev–Trinajstić information content (AvgIpc) is 3.71. The van der Waals surface area contributed by atoms with Crippen molar-refractivity contribution in [3.8, 4) is 50.2 Å². The van der Waals surface area contributed by atoms with E-state index in [-0.39, 0.29) is 0 Å². The van der Waals surface area contributed by atoms with Gasteiger partial charge in [-0.15, -0.1) is 0 Å². The topological polar surface area (TPSA) is 8.17 Å². The molecule has 0 aliphatic carbocycles. The molecule has 64 heavy (non-hydrogen) atoms. The third kappa shape index (κ3) is 6.35. The fraction of sp³-hybridized carbons (Fsp3) is 0. The molecule has 0 spiro atoms. The van der Waals surface area contributed by atoms with E-state index in [4.69, 9.17) is 0 Å². The maximum Gasteiger partial charge on any atom is 0.0618 e. The molecule has 12 aromatic rings. The molecule has 2 heteroatoms. The minimum Gasteiger partial charge on any atom is -0.309 e. The van der Waals surface area contributed by atoms with E-state index in [0.717, 1.165) is 28.3 Å². The molecule has 0 fully saturated rings. The summed E-state index contributed by atoms with van der Waals surface area (Å²) in [5.41, 5.74) is 16.3. The van der Waals surface area contributed by atoms with E-state index in [9.17, 15) is 0 Å². The highest BCUT2D eigenvalue weighted by molar-refractivity contribution is 6.11. The van der Waals surface area contributed by atoms with Gasteiger partial charge in [-0.3, -0.25) is 0 Å². The molecule has 0 amide bonds. The molecule has 1 heterocycles. The number of fused-ring (bicyclic) bond motifs is 5. The van der Waals surface area contributed by atoms with Crippen LogP contribution in [0.2, 0.25) is 0 Å². The molecular formula is C62H42N2. The first kappa shape index (κ1) is 37.3. The molecule has 0 aliphatic heterocycles. The Balaban J connectivity index is 1.05. The van der Waals surface area contributed by atoms with Crippen molar-refractivity contribution >= 4 is 60.4 Å². The van der Waals surface area contributed by atoms with Gasteiger partial charge in [-0.2, -0.15) is 0 Å². The Bertz CT molecular complexity index is 3580. The molecule has 0 saturated carbocycles. The third-order valence-corrected chi connectivity index (χ3v) is 12.8. The van der Waals surface area contributed by atoms with Gasteiger partial charge in [-0.1, -0.05) is 212 Å². The molecule has 1 aromatic heterocycles. The summed E-state index contributed by atoms with van der Waals surface area (Å²) in [7, 11) is 0. The molecule has 300 valence electrons. The Morgan fingerprint density at radius 3 is 1.36 bits per heavy atom. The lowest BCUT2D eigenvalue weighted by atomic mass is 9.92. The lowest BCUT2D eigenvalue weighted by molar-refractivity contribution is 1.18. The standard InChI is InChI=1S/C62H42N2/c1-3-17-44(18-4-1)55-42-37-45-20-8-10-25-54(45)62(55)63(49-38-33-46(34-39-49)52-28-15-23-43-19-7-9-24-51(43)52)50-40-35-47(36-41-50)53-29-16-32-60(61(53)48-21-5-2-6-22-48)64-58-30-13-11-26-56(58)57-27-12-14-31-59(57)64/h1-42H. The van der Waals surface area contributed by atoms with Crippen LogP contribution in [-0.2, 0) is 0 Å². The zero-order valence-electron chi connectivity index (χ0n) is 35.1. The molecule has 2 nitrogen and oxygen atoms in total. The van der Waals surface area contributed by atoms with Crippen LogP contribution in [0.25, 0.3) is 93.5 Å². The van der Waals surface area contributed by atoms with Gasteiger partial charge in [-0.05, 0) is 92.0 Å². The van der Waals surface area contributed by atoms with E-state index < -0.39 is 0 Å². The minimum absolute atomic E-state index is 1.08. The lowest BCUT2D eigenvalue weighted by Crippen LogP contribution is -2.12. The predicted molar refractivity (Wildman–Crippen MR) is 272 cm³/mol. The summed E-state index contributed by atoms with van der Waals surface area (Å²) >= 11 is 0. The summed E-state index contributed by atoms with van der Waals surface area (Å²) in [6, 6.07) is 92.7. The summed E-state index contributed by atoms with van der Waals surface area (Å²) in [6.45, 7) is 0.